The number of carbonyl (C=O) groups excluding carboxylic acids is 2. The van der Waals surface area contributed by atoms with Crippen molar-refractivity contribution in [3.05, 3.63) is 23.8 Å². The summed E-state index contributed by atoms with van der Waals surface area (Å²) in [4.78, 5) is 28.7. The molecule has 9 aliphatic rings. The molecule has 0 bridgehead atoms. The summed E-state index contributed by atoms with van der Waals surface area (Å²) in [6.07, 6.45) is -27.8. The summed E-state index contributed by atoms with van der Waals surface area (Å²) in [6.45, 7) is 15.1. The number of aliphatic hydroxyl groups excluding tert-OH is 8. The van der Waals surface area contributed by atoms with Gasteiger partial charge in [0.15, 0.2) is 25.2 Å². The normalized spacial score (nSPS) is 47.4. The number of aliphatic hydroxyl groups is 8. The van der Waals surface area contributed by atoms with Crippen molar-refractivity contribution in [1.82, 2.24) is 0 Å². The number of ether oxygens (including phenoxy) is 10. The number of Topliss-reactive ketones (excluding diaryl/α,β-unsaturated/α-hetero) is 1. The van der Waals surface area contributed by atoms with Gasteiger partial charge in [0.1, 0.15) is 96.8 Å². The molecule has 8 fully saturated rings. The first-order valence-corrected chi connectivity index (χ1v) is 31.2. The van der Waals surface area contributed by atoms with Crippen LogP contribution in [0, 0.1) is 39.4 Å². The zero-order valence-corrected chi connectivity index (χ0v) is 55.7. The molecule has 0 aromatic carbocycles. The van der Waals surface area contributed by atoms with E-state index in [0.29, 0.717) is 38.5 Å². The molecule has 28 nitrogen and oxygen atoms in total. The molecule has 5 heterocycles. The fourth-order valence-electron chi connectivity index (χ4n) is 16.1. The molecular formula is C54H82Na2O28S2. The van der Waals surface area contributed by atoms with E-state index in [9.17, 15) is 76.4 Å². The molecule has 86 heavy (non-hydrogen) atoms. The maximum atomic E-state index is 14.4. The molecule has 5 aliphatic heterocycles. The summed E-state index contributed by atoms with van der Waals surface area (Å²) in [6, 6.07) is 0. The van der Waals surface area contributed by atoms with Crippen LogP contribution in [-0.4, -0.2) is 234 Å². The smallest absolute Gasteiger partial charge is 0.726 e. The molecule has 0 aromatic rings. The first kappa shape index (κ1) is 73.1. The first-order valence-electron chi connectivity index (χ1n) is 28.5. The largest absolute Gasteiger partial charge is 1.00 e. The fraction of sp³-hybridized carbons (Fsp3) is 0.889. The Morgan fingerprint density at radius 2 is 1.27 bits per heavy atom. The zero-order chi connectivity index (χ0) is 61.8. The van der Waals surface area contributed by atoms with E-state index in [1.807, 2.05) is 13.8 Å². The fourth-order valence-corrected chi connectivity index (χ4v) is 16.7. The molecule has 4 aliphatic carbocycles. The zero-order valence-electron chi connectivity index (χ0n) is 50.1. The number of carbonyl (C=O) groups is 2. The molecule has 1 spiro atoms. The third-order valence-electron chi connectivity index (χ3n) is 20.3. The predicted molar refractivity (Wildman–Crippen MR) is 278 cm³/mol. The number of rotatable bonds is 19. The van der Waals surface area contributed by atoms with E-state index in [4.69, 9.17) is 47.4 Å². The summed E-state index contributed by atoms with van der Waals surface area (Å²) in [5, 5.41) is 90.4. The van der Waals surface area contributed by atoms with Gasteiger partial charge in [-0.25, -0.2) is 16.8 Å². The number of methoxy groups -OCH3 is 1. The van der Waals surface area contributed by atoms with E-state index in [1.54, 1.807) is 0 Å². The Labute approximate surface area is 544 Å². The third kappa shape index (κ3) is 13.5. The molecule has 0 amide bonds. The first-order chi connectivity index (χ1) is 39.0. The number of allylic oxidation sites excluding steroid dienone is 3. The van der Waals surface area contributed by atoms with Crippen LogP contribution in [-0.2, 0) is 86.1 Å². The van der Waals surface area contributed by atoms with Gasteiger partial charge >= 0.3 is 65.1 Å². The second kappa shape index (κ2) is 27.2. The summed E-state index contributed by atoms with van der Waals surface area (Å²) in [7, 11) is -9.78. The molecule has 0 radical (unpaired) electrons. The summed E-state index contributed by atoms with van der Waals surface area (Å²) < 4.78 is 136. The van der Waals surface area contributed by atoms with Crippen LogP contribution in [0.4, 0.5) is 0 Å². The molecule has 27 atom stereocenters. The van der Waals surface area contributed by atoms with E-state index in [1.165, 1.54) is 6.92 Å². The third-order valence-corrected chi connectivity index (χ3v) is 21.1. The number of hydrogen-bond acceptors (Lipinski definition) is 28. The molecule has 8 N–H and O–H groups in total. The van der Waals surface area contributed by atoms with Gasteiger partial charge in [-0.1, -0.05) is 44.9 Å². The average molecular weight is 1290 g/mol. The minimum atomic E-state index is -5.46. The maximum absolute atomic E-state index is 14.4. The van der Waals surface area contributed by atoms with Crippen molar-refractivity contribution in [2.75, 3.05) is 26.9 Å². The van der Waals surface area contributed by atoms with Gasteiger partial charge in [0.25, 0.3) is 0 Å². The average Bonchev–Trinajstić information content (AvgIpc) is 1.45. The van der Waals surface area contributed by atoms with Crippen LogP contribution in [0.5, 0.6) is 0 Å². The van der Waals surface area contributed by atoms with Gasteiger partial charge in [0.2, 0.25) is 20.8 Å². The standard InChI is InChI=1S/C54H84O28S2.2Na/c1-23(2)11-10-16-53(8)44-27(55)19-52(7)26-12-13-31-50(4,5)32(15-17-51(31,6)25(26)14-18-54(44,52)49(64)82-53)78-48-43(33(57)28(56)20-72-48)81-45-37(61)36(60)40(24(3)75-45)79-47-39(63)42(35(59)30(77-47)22-74-84(68,69)70)80-46-38(62)41(71-9)34(58)29(76-46)21-73-83(65,66)67;;/h12,24-25,28-48,56-63H,1,10-11,13-22H2,2-9H3,(H,65,66,67)(H,68,69,70);;/q;2*+1/p-2. The summed E-state index contributed by atoms with van der Waals surface area (Å²) >= 11 is 0. The van der Waals surface area contributed by atoms with Crippen LogP contribution in [0.15, 0.2) is 23.8 Å². The van der Waals surface area contributed by atoms with Gasteiger partial charge in [0, 0.05) is 18.9 Å². The van der Waals surface area contributed by atoms with Gasteiger partial charge in [-0.15, -0.1) is 6.58 Å². The van der Waals surface area contributed by atoms with Crippen molar-refractivity contribution < 1.29 is 191 Å². The van der Waals surface area contributed by atoms with Gasteiger partial charge < -0.3 is 97.3 Å². The van der Waals surface area contributed by atoms with Crippen molar-refractivity contribution in [2.24, 2.45) is 39.4 Å². The second-order valence-electron chi connectivity index (χ2n) is 25.8. The molecular weight excluding hydrogens is 1210 g/mol. The van der Waals surface area contributed by atoms with Gasteiger partial charge in [-0.05, 0) is 94.8 Å². The molecule has 27 unspecified atom stereocenters. The van der Waals surface area contributed by atoms with E-state index in [-0.39, 0.29) is 101 Å². The Morgan fingerprint density at radius 3 is 1.85 bits per heavy atom. The van der Waals surface area contributed by atoms with E-state index < -0.39 is 185 Å². The van der Waals surface area contributed by atoms with E-state index in [0.717, 1.165) is 31.1 Å². The predicted octanol–water partition coefficient (Wildman–Crippen LogP) is -7.23. The van der Waals surface area contributed by atoms with Crippen molar-refractivity contribution >= 4 is 32.6 Å². The minimum absolute atomic E-state index is 0. The number of fused-ring (bicyclic) bond motifs is 4. The van der Waals surface area contributed by atoms with Crippen molar-refractivity contribution in [2.45, 2.75) is 235 Å². The van der Waals surface area contributed by atoms with Gasteiger partial charge in [0.05, 0.1) is 43.4 Å². The van der Waals surface area contributed by atoms with E-state index >= 15 is 0 Å². The van der Waals surface area contributed by atoms with Crippen molar-refractivity contribution in [1.29, 1.82) is 0 Å². The minimum Gasteiger partial charge on any atom is -0.726 e. The SMILES string of the molecule is C=C(C)CCCC1(C)OC(=O)C23CCC4C(=CCC5C(C)(C)C(OC6OCC(O)C(O)C6OC6OC(C)C(OC7OC(COS(=O)(=O)[O-])C(O)C(OC8OC(COS(=O)(=O)[O-])C(O)C(OC)C8O)C7O)C(O)C6O)CCC45C)C2(C)CC(=O)C13.[Na+].[Na+]. The maximum Gasteiger partial charge on any atom is 1.00 e. The molecule has 9 rings (SSSR count). The van der Waals surface area contributed by atoms with Crippen molar-refractivity contribution in [3.8, 4) is 0 Å². The van der Waals surface area contributed by atoms with Gasteiger partial charge in [-0.2, -0.15) is 0 Å². The van der Waals surface area contributed by atoms with Crippen molar-refractivity contribution in [3.63, 3.8) is 0 Å². The summed E-state index contributed by atoms with van der Waals surface area (Å²) in [5.74, 6) is -0.723. The topological polar surface area (TPSA) is 421 Å². The van der Waals surface area contributed by atoms with Crippen LogP contribution in [0.2, 0.25) is 0 Å². The Morgan fingerprint density at radius 1 is 0.709 bits per heavy atom. The number of hydrogen-bond donors (Lipinski definition) is 8. The monoisotopic (exact) mass is 1290 g/mol. The number of ketones is 1. The van der Waals surface area contributed by atoms with Crippen LogP contribution >= 0.6 is 0 Å². The van der Waals surface area contributed by atoms with Crippen LogP contribution < -0.4 is 59.1 Å². The Hall–Kier alpha value is -0.320. The number of cyclic esters (lactones) is 1. The van der Waals surface area contributed by atoms with Crippen LogP contribution in [0.1, 0.15) is 106 Å². The summed E-state index contributed by atoms with van der Waals surface area (Å²) in [5.41, 5.74) is -1.34. The van der Waals surface area contributed by atoms with Crippen LogP contribution in [0.3, 0.4) is 0 Å². The molecule has 5 saturated heterocycles. The quantitative estimate of drug-likeness (QED) is 0.0196. The molecule has 32 heteroatoms. The van der Waals surface area contributed by atoms with Crippen LogP contribution in [0.25, 0.3) is 0 Å². The molecule has 3 saturated carbocycles. The Kier molecular flexibility index (Phi) is 23.1. The van der Waals surface area contributed by atoms with E-state index in [2.05, 4.69) is 48.7 Å². The molecule has 480 valence electrons. The Bertz CT molecular complexity index is 2710. The number of esters is 1. The Balaban J connectivity index is 0.00000529. The second-order valence-corrected chi connectivity index (χ2v) is 27.9. The van der Waals surface area contributed by atoms with Gasteiger partial charge in [-0.3, -0.25) is 18.0 Å². The molecule has 0 aromatic heterocycles.